The summed E-state index contributed by atoms with van der Waals surface area (Å²) in [6.45, 7) is 8.93. The first-order chi connectivity index (χ1) is 13.8. The van der Waals surface area contributed by atoms with Crippen molar-refractivity contribution in [1.29, 1.82) is 0 Å². The topological polar surface area (TPSA) is 49.4 Å². The van der Waals surface area contributed by atoms with Gasteiger partial charge in [0, 0.05) is 12.6 Å². The van der Waals surface area contributed by atoms with Crippen LogP contribution >= 0.6 is 0 Å². The maximum absolute atomic E-state index is 13.6. The summed E-state index contributed by atoms with van der Waals surface area (Å²) >= 11 is 0. The van der Waals surface area contributed by atoms with Crippen LogP contribution in [0.25, 0.3) is 0 Å². The van der Waals surface area contributed by atoms with E-state index in [2.05, 4.69) is 26.1 Å². The molecule has 1 heterocycles. The van der Waals surface area contributed by atoms with Gasteiger partial charge in [0.2, 0.25) is 10.0 Å². The second-order valence-electron chi connectivity index (χ2n) is 10.0. The quantitative estimate of drug-likeness (QED) is 0.668. The summed E-state index contributed by atoms with van der Waals surface area (Å²) in [5.41, 5.74) is 1.19. The zero-order valence-electron chi connectivity index (χ0n) is 18.6. The molecule has 0 bridgehead atoms. The lowest BCUT2D eigenvalue weighted by molar-refractivity contribution is 0.246. The van der Waals surface area contributed by atoms with Crippen molar-refractivity contribution < 1.29 is 8.42 Å². The highest BCUT2D eigenvalue weighted by atomic mass is 32.2. The number of hydrogen-bond donors (Lipinski definition) is 1. The molecule has 1 aliphatic heterocycles. The smallest absolute Gasteiger partial charge is 0.243 e. The van der Waals surface area contributed by atoms with Gasteiger partial charge < -0.3 is 5.32 Å². The van der Waals surface area contributed by atoms with E-state index < -0.39 is 10.0 Å². The molecule has 29 heavy (non-hydrogen) atoms. The molecule has 0 radical (unpaired) electrons. The third-order valence-electron chi connectivity index (χ3n) is 6.76. The van der Waals surface area contributed by atoms with E-state index in [9.17, 15) is 8.42 Å². The molecule has 3 rings (SSSR count). The summed E-state index contributed by atoms with van der Waals surface area (Å²) in [6, 6.07) is 7.70. The minimum absolute atomic E-state index is 0.0248. The first-order valence-corrected chi connectivity index (χ1v) is 13.1. The lowest BCUT2D eigenvalue weighted by Crippen LogP contribution is -2.46. The van der Waals surface area contributed by atoms with Crippen LogP contribution in [0.5, 0.6) is 0 Å². The minimum Gasteiger partial charge on any atom is -0.317 e. The zero-order chi connectivity index (χ0) is 20.9. The van der Waals surface area contributed by atoms with Crippen molar-refractivity contribution >= 4 is 10.0 Å². The van der Waals surface area contributed by atoms with Crippen LogP contribution in [-0.4, -0.2) is 38.4 Å². The van der Waals surface area contributed by atoms with Crippen LogP contribution in [0, 0.1) is 5.92 Å². The monoisotopic (exact) mass is 420 g/mol. The van der Waals surface area contributed by atoms with Gasteiger partial charge in [0.25, 0.3) is 0 Å². The van der Waals surface area contributed by atoms with Crippen molar-refractivity contribution in [3.05, 3.63) is 29.8 Å². The van der Waals surface area contributed by atoms with Crippen LogP contribution in [0.15, 0.2) is 29.2 Å². The van der Waals surface area contributed by atoms with Crippen LogP contribution in [0.4, 0.5) is 0 Å². The number of nitrogens with zero attached hydrogens (tertiary/aromatic N) is 1. The summed E-state index contributed by atoms with van der Waals surface area (Å²) < 4.78 is 29.0. The van der Waals surface area contributed by atoms with E-state index in [1.165, 1.54) is 44.1 Å². The first kappa shape index (κ1) is 22.8. The molecule has 1 aromatic rings. The normalized spacial score (nSPS) is 20.3. The molecule has 2 aliphatic rings. The molecule has 0 unspecified atom stereocenters. The Labute approximate surface area is 178 Å². The predicted octanol–water partition coefficient (Wildman–Crippen LogP) is 5.09. The van der Waals surface area contributed by atoms with Gasteiger partial charge in [0.1, 0.15) is 0 Å². The number of hydrogen-bond acceptors (Lipinski definition) is 3. The molecule has 0 spiro atoms. The van der Waals surface area contributed by atoms with Crippen molar-refractivity contribution in [3.8, 4) is 0 Å². The maximum Gasteiger partial charge on any atom is 0.243 e. The lowest BCUT2D eigenvalue weighted by Gasteiger charge is -2.34. The fourth-order valence-corrected chi connectivity index (χ4v) is 6.59. The van der Waals surface area contributed by atoms with Crippen molar-refractivity contribution in [2.75, 3.05) is 19.6 Å². The highest BCUT2D eigenvalue weighted by Crippen LogP contribution is 2.30. The highest BCUT2D eigenvalue weighted by molar-refractivity contribution is 7.89. The fraction of sp³-hybridized carbons (Fsp3) is 0.750. The Hall–Kier alpha value is -0.910. The van der Waals surface area contributed by atoms with Crippen LogP contribution in [0.3, 0.4) is 0 Å². The van der Waals surface area contributed by atoms with E-state index in [1.807, 2.05) is 28.6 Å². The predicted molar refractivity (Wildman–Crippen MR) is 121 cm³/mol. The molecule has 1 saturated heterocycles. The summed E-state index contributed by atoms with van der Waals surface area (Å²) in [7, 11) is -3.46. The Morgan fingerprint density at radius 2 is 1.59 bits per heavy atom. The summed E-state index contributed by atoms with van der Waals surface area (Å²) in [6.07, 6.45) is 10.7. The van der Waals surface area contributed by atoms with Crippen molar-refractivity contribution in [3.63, 3.8) is 0 Å². The van der Waals surface area contributed by atoms with Gasteiger partial charge in [-0.1, -0.05) is 65.0 Å². The standard InChI is InChI=1S/C24H40N2O2S/c1-24(2,3)21-11-13-23(14-12-21)29(27,28)26(22-15-17-25-18-16-22)19-7-10-20-8-5-4-6-9-20/h11-14,20,22,25H,4-10,15-19H2,1-3H3. The van der Waals surface area contributed by atoms with Crippen LogP contribution in [0.2, 0.25) is 0 Å². The summed E-state index contributed by atoms with van der Waals surface area (Å²) in [4.78, 5) is 0.446. The van der Waals surface area contributed by atoms with Crippen LogP contribution in [0.1, 0.15) is 84.1 Å². The van der Waals surface area contributed by atoms with Gasteiger partial charge in [-0.15, -0.1) is 0 Å². The number of piperidine rings is 1. The van der Waals surface area contributed by atoms with Gasteiger partial charge in [-0.05, 0) is 67.8 Å². The molecular formula is C24H40N2O2S. The highest BCUT2D eigenvalue weighted by Gasteiger charge is 2.32. The molecule has 164 valence electrons. The third-order valence-corrected chi connectivity index (χ3v) is 8.72. The Morgan fingerprint density at radius 1 is 0.966 bits per heavy atom. The molecule has 1 N–H and O–H groups in total. The summed E-state index contributed by atoms with van der Waals surface area (Å²) in [5, 5.41) is 3.37. The van der Waals surface area contributed by atoms with Crippen molar-refractivity contribution in [2.24, 2.45) is 5.92 Å². The lowest BCUT2D eigenvalue weighted by atomic mass is 9.86. The summed E-state index contributed by atoms with van der Waals surface area (Å²) in [5.74, 6) is 0.799. The first-order valence-electron chi connectivity index (χ1n) is 11.6. The van der Waals surface area contributed by atoms with E-state index in [1.54, 1.807) is 0 Å². The van der Waals surface area contributed by atoms with Gasteiger partial charge in [0.15, 0.2) is 0 Å². The molecule has 1 aliphatic carbocycles. The second-order valence-corrected chi connectivity index (χ2v) is 11.9. The van der Waals surface area contributed by atoms with Crippen molar-refractivity contribution in [2.45, 2.75) is 94.9 Å². The van der Waals surface area contributed by atoms with E-state index in [-0.39, 0.29) is 11.5 Å². The molecule has 1 saturated carbocycles. The Balaban J connectivity index is 1.74. The second kappa shape index (κ2) is 9.93. The third kappa shape index (κ3) is 6.05. The van der Waals surface area contributed by atoms with Gasteiger partial charge in [-0.2, -0.15) is 4.31 Å². The Kier molecular flexibility index (Phi) is 7.80. The Morgan fingerprint density at radius 3 is 2.17 bits per heavy atom. The molecule has 2 fully saturated rings. The SMILES string of the molecule is CC(C)(C)c1ccc(S(=O)(=O)N(CCCC2CCCCC2)C2CCNCC2)cc1. The molecule has 5 heteroatoms. The molecule has 0 atom stereocenters. The van der Waals surface area contributed by atoms with Crippen molar-refractivity contribution in [1.82, 2.24) is 9.62 Å². The number of benzene rings is 1. The average Bonchev–Trinajstić information content (AvgIpc) is 2.72. The molecule has 4 nitrogen and oxygen atoms in total. The zero-order valence-corrected chi connectivity index (χ0v) is 19.4. The average molecular weight is 421 g/mol. The number of sulfonamides is 1. The number of rotatable bonds is 7. The Bertz CT molecular complexity index is 725. The molecule has 0 aromatic heterocycles. The van der Waals surface area contributed by atoms with Gasteiger partial charge in [0.05, 0.1) is 4.90 Å². The van der Waals surface area contributed by atoms with Gasteiger partial charge in [-0.25, -0.2) is 8.42 Å². The number of nitrogens with one attached hydrogen (secondary N) is 1. The largest absolute Gasteiger partial charge is 0.317 e. The van der Waals surface area contributed by atoms with Crippen LogP contribution < -0.4 is 5.32 Å². The van der Waals surface area contributed by atoms with E-state index >= 15 is 0 Å². The molecular weight excluding hydrogens is 380 g/mol. The van der Waals surface area contributed by atoms with E-state index in [4.69, 9.17) is 0 Å². The fourth-order valence-electron chi connectivity index (χ4n) is 4.87. The van der Waals surface area contributed by atoms with E-state index in [0.717, 1.165) is 38.3 Å². The van der Waals surface area contributed by atoms with Gasteiger partial charge >= 0.3 is 0 Å². The van der Waals surface area contributed by atoms with Gasteiger partial charge in [-0.3, -0.25) is 0 Å². The maximum atomic E-state index is 13.6. The molecule has 0 amide bonds. The van der Waals surface area contributed by atoms with Crippen LogP contribution in [-0.2, 0) is 15.4 Å². The molecule has 1 aromatic carbocycles. The van der Waals surface area contributed by atoms with E-state index in [0.29, 0.717) is 11.4 Å². The minimum atomic E-state index is -3.46.